The number of aliphatic carboxylic acids is 1. The fourth-order valence-corrected chi connectivity index (χ4v) is 2.57. The molecule has 18 heavy (non-hydrogen) atoms. The summed E-state index contributed by atoms with van der Waals surface area (Å²) in [6.07, 6.45) is 2.26. The largest absolute Gasteiger partial charge is 0.480 e. The molecule has 0 spiro atoms. The van der Waals surface area contributed by atoms with E-state index in [0.717, 1.165) is 12.8 Å². The molecule has 5 heteroatoms. The van der Waals surface area contributed by atoms with Gasteiger partial charge >= 0.3 is 5.97 Å². The average Bonchev–Trinajstić information content (AvgIpc) is 2.26. The van der Waals surface area contributed by atoms with Crippen LogP contribution in [0.1, 0.15) is 46.5 Å². The van der Waals surface area contributed by atoms with Crippen molar-refractivity contribution in [1.82, 2.24) is 4.90 Å². The second-order valence-electron chi connectivity index (χ2n) is 5.50. The SMILES string of the molecule is CCCC(=O)C(=O)N1CCCC(C)(C)C1C(=O)O. The Morgan fingerprint density at radius 1 is 1.33 bits per heavy atom. The number of hydrogen-bond acceptors (Lipinski definition) is 3. The van der Waals surface area contributed by atoms with Gasteiger partial charge in [0, 0.05) is 13.0 Å². The summed E-state index contributed by atoms with van der Waals surface area (Å²) in [4.78, 5) is 36.2. The first-order chi connectivity index (χ1) is 8.31. The van der Waals surface area contributed by atoms with Gasteiger partial charge in [0.15, 0.2) is 0 Å². The van der Waals surface area contributed by atoms with Crippen LogP contribution in [0.3, 0.4) is 0 Å². The van der Waals surface area contributed by atoms with Gasteiger partial charge in [0.05, 0.1) is 0 Å². The minimum atomic E-state index is -1.03. The number of carbonyl (C=O) groups is 3. The van der Waals surface area contributed by atoms with Crippen LogP contribution in [0.5, 0.6) is 0 Å². The lowest BCUT2D eigenvalue weighted by molar-refractivity contribution is -0.161. The van der Waals surface area contributed by atoms with Crippen molar-refractivity contribution in [2.75, 3.05) is 6.54 Å². The maximum atomic E-state index is 12.0. The number of rotatable bonds is 4. The Hall–Kier alpha value is -1.39. The fraction of sp³-hybridized carbons (Fsp3) is 0.769. The summed E-state index contributed by atoms with van der Waals surface area (Å²) in [6.45, 7) is 5.83. The van der Waals surface area contributed by atoms with Crippen molar-refractivity contribution in [2.45, 2.75) is 52.5 Å². The highest BCUT2D eigenvalue weighted by atomic mass is 16.4. The molecule has 0 bridgehead atoms. The Morgan fingerprint density at radius 3 is 2.44 bits per heavy atom. The molecule has 1 saturated heterocycles. The summed E-state index contributed by atoms with van der Waals surface area (Å²) in [6, 6.07) is -0.903. The van der Waals surface area contributed by atoms with Crippen LogP contribution in [-0.4, -0.2) is 40.3 Å². The van der Waals surface area contributed by atoms with Crippen molar-refractivity contribution in [1.29, 1.82) is 0 Å². The van der Waals surface area contributed by atoms with Crippen LogP contribution in [0.15, 0.2) is 0 Å². The molecule has 1 amide bonds. The molecule has 1 N–H and O–H groups in total. The monoisotopic (exact) mass is 255 g/mol. The summed E-state index contributed by atoms with van der Waals surface area (Å²) >= 11 is 0. The van der Waals surface area contributed by atoms with E-state index in [1.807, 2.05) is 20.8 Å². The van der Waals surface area contributed by atoms with E-state index in [4.69, 9.17) is 0 Å². The number of carbonyl (C=O) groups excluding carboxylic acids is 2. The van der Waals surface area contributed by atoms with Crippen molar-refractivity contribution in [3.05, 3.63) is 0 Å². The van der Waals surface area contributed by atoms with Gasteiger partial charge in [-0.25, -0.2) is 4.79 Å². The fourth-order valence-electron chi connectivity index (χ4n) is 2.57. The van der Waals surface area contributed by atoms with Crippen molar-refractivity contribution in [3.8, 4) is 0 Å². The average molecular weight is 255 g/mol. The molecule has 1 aliphatic rings. The van der Waals surface area contributed by atoms with E-state index in [1.54, 1.807) is 0 Å². The highest BCUT2D eigenvalue weighted by molar-refractivity contribution is 6.36. The molecule has 0 aliphatic carbocycles. The van der Waals surface area contributed by atoms with Crippen LogP contribution in [0.25, 0.3) is 0 Å². The van der Waals surface area contributed by atoms with Crippen LogP contribution in [0.4, 0.5) is 0 Å². The minimum Gasteiger partial charge on any atom is -0.480 e. The Bertz CT molecular complexity index is 362. The molecule has 102 valence electrons. The number of amides is 1. The second kappa shape index (κ2) is 5.50. The molecule has 0 radical (unpaired) electrons. The first kappa shape index (κ1) is 14.7. The number of hydrogen-bond donors (Lipinski definition) is 1. The summed E-state index contributed by atoms with van der Waals surface area (Å²) in [7, 11) is 0. The van der Waals surface area contributed by atoms with Gasteiger partial charge in [-0.05, 0) is 24.7 Å². The van der Waals surface area contributed by atoms with Crippen LogP contribution < -0.4 is 0 Å². The molecule has 1 unspecified atom stereocenters. The number of carboxylic acid groups (broad SMARTS) is 1. The maximum absolute atomic E-state index is 12.0. The van der Waals surface area contributed by atoms with Gasteiger partial charge in [-0.15, -0.1) is 0 Å². The van der Waals surface area contributed by atoms with E-state index in [0.29, 0.717) is 13.0 Å². The van der Waals surface area contributed by atoms with Crippen molar-refractivity contribution < 1.29 is 19.5 Å². The van der Waals surface area contributed by atoms with Crippen LogP contribution in [-0.2, 0) is 14.4 Å². The smallest absolute Gasteiger partial charge is 0.326 e. The van der Waals surface area contributed by atoms with Crippen molar-refractivity contribution >= 4 is 17.7 Å². The van der Waals surface area contributed by atoms with Crippen molar-refractivity contribution in [3.63, 3.8) is 0 Å². The maximum Gasteiger partial charge on any atom is 0.326 e. The zero-order valence-electron chi connectivity index (χ0n) is 11.2. The number of piperidine rings is 1. The molecule has 1 aliphatic heterocycles. The lowest BCUT2D eigenvalue weighted by Crippen LogP contribution is -2.57. The van der Waals surface area contributed by atoms with E-state index in [9.17, 15) is 19.5 Å². The zero-order valence-corrected chi connectivity index (χ0v) is 11.2. The third-order valence-electron chi connectivity index (χ3n) is 3.48. The van der Waals surface area contributed by atoms with E-state index >= 15 is 0 Å². The third kappa shape index (κ3) is 2.89. The Balaban J connectivity index is 2.94. The molecular formula is C13H21NO4. The standard InChI is InChI=1S/C13H21NO4/c1-4-6-9(15)11(16)14-8-5-7-13(2,3)10(14)12(17)18/h10H,4-8H2,1-3H3,(H,17,18). The summed E-state index contributed by atoms with van der Waals surface area (Å²) in [5.74, 6) is -2.16. The Labute approximate surface area is 107 Å². The lowest BCUT2D eigenvalue weighted by Gasteiger charge is -2.43. The van der Waals surface area contributed by atoms with Gasteiger partial charge in [0.1, 0.15) is 6.04 Å². The number of nitrogens with zero attached hydrogens (tertiary/aromatic N) is 1. The number of carboxylic acids is 1. The number of ketones is 1. The van der Waals surface area contributed by atoms with Gasteiger partial charge in [-0.3, -0.25) is 9.59 Å². The van der Waals surface area contributed by atoms with Crippen molar-refractivity contribution in [2.24, 2.45) is 5.41 Å². The van der Waals surface area contributed by atoms with E-state index in [1.165, 1.54) is 4.90 Å². The molecule has 5 nitrogen and oxygen atoms in total. The third-order valence-corrected chi connectivity index (χ3v) is 3.48. The van der Waals surface area contributed by atoms with Crippen LogP contribution >= 0.6 is 0 Å². The summed E-state index contributed by atoms with van der Waals surface area (Å²) < 4.78 is 0. The summed E-state index contributed by atoms with van der Waals surface area (Å²) in [5, 5.41) is 9.30. The molecule has 1 rings (SSSR count). The highest BCUT2D eigenvalue weighted by Gasteiger charge is 2.45. The Morgan fingerprint density at radius 2 is 1.94 bits per heavy atom. The Kier molecular flexibility index (Phi) is 4.48. The molecule has 0 aromatic rings. The van der Waals surface area contributed by atoms with E-state index in [2.05, 4.69) is 0 Å². The van der Waals surface area contributed by atoms with Gasteiger partial charge in [-0.2, -0.15) is 0 Å². The molecule has 0 aromatic heterocycles. The molecule has 1 atom stereocenters. The first-order valence-corrected chi connectivity index (χ1v) is 6.38. The van der Waals surface area contributed by atoms with Gasteiger partial charge in [-0.1, -0.05) is 20.8 Å². The molecule has 0 saturated carbocycles. The van der Waals surface area contributed by atoms with Gasteiger partial charge in [0.25, 0.3) is 5.91 Å². The zero-order chi connectivity index (χ0) is 13.9. The topological polar surface area (TPSA) is 74.7 Å². The molecular weight excluding hydrogens is 234 g/mol. The van der Waals surface area contributed by atoms with E-state index in [-0.39, 0.29) is 6.42 Å². The minimum absolute atomic E-state index is 0.183. The van der Waals surface area contributed by atoms with Crippen LogP contribution in [0, 0.1) is 5.41 Å². The molecule has 1 fully saturated rings. The normalized spacial score (nSPS) is 22.6. The first-order valence-electron chi connectivity index (χ1n) is 6.38. The highest BCUT2D eigenvalue weighted by Crippen LogP contribution is 2.35. The number of likely N-dealkylation sites (tertiary alicyclic amines) is 1. The lowest BCUT2D eigenvalue weighted by atomic mass is 9.76. The second-order valence-corrected chi connectivity index (χ2v) is 5.50. The predicted octanol–water partition coefficient (Wildman–Crippen LogP) is 1.46. The van der Waals surface area contributed by atoms with Gasteiger partial charge in [0.2, 0.25) is 5.78 Å². The molecule has 0 aromatic carbocycles. The van der Waals surface area contributed by atoms with E-state index < -0.39 is 29.1 Å². The number of Topliss-reactive ketones (excluding diaryl/α,β-unsaturated/α-hetero) is 1. The van der Waals surface area contributed by atoms with Gasteiger partial charge < -0.3 is 10.0 Å². The molecule has 1 heterocycles. The van der Waals surface area contributed by atoms with Crippen LogP contribution in [0.2, 0.25) is 0 Å². The quantitative estimate of drug-likeness (QED) is 0.772. The predicted molar refractivity (Wildman–Crippen MR) is 66.1 cm³/mol. The summed E-state index contributed by atoms with van der Waals surface area (Å²) in [5.41, 5.74) is -0.494.